The van der Waals surface area contributed by atoms with Crippen LogP contribution in [0.3, 0.4) is 0 Å². The molecule has 5 heteroatoms. The van der Waals surface area contributed by atoms with E-state index in [0.717, 1.165) is 29.8 Å². The molecule has 3 aromatic carbocycles. The van der Waals surface area contributed by atoms with Crippen molar-refractivity contribution >= 4 is 6.29 Å². The van der Waals surface area contributed by atoms with Crippen molar-refractivity contribution < 1.29 is 23.7 Å². The average molecular weight is 475 g/mol. The molecule has 184 valence electrons. The summed E-state index contributed by atoms with van der Waals surface area (Å²) in [5.74, 6) is 1.11. The number of carbonyl (C=O) groups is 1. The molecule has 0 aliphatic carbocycles. The van der Waals surface area contributed by atoms with Gasteiger partial charge in [-0.3, -0.25) is 4.79 Å². The molecule has 1 aliphatic rings. The Labute approximate surface area is 208 Å². The number of hydrogen-bond acceptors (Lipinski definition) is 5. The summed E-state index contributed by atoms with van der Waals surface area (Å²) in [4.78, 5) is 10.9. The van der Waals surface area contributed by atoms with Crippen LogP contribution in [0.25, 0.3) is 11.1 Å². The van der Waals surface area contributed by atoms with Crippen molar-refractivity contribution in [1.29, 1.82) is 0 Å². The van der Waals surface area contributed by atoms with Gasteiger partial charge in [0.05, 0.1) is 19.3 Å². The van der Waals surface area contributed by atoms with E-state index in [2.05, 4.69) is 51.1 Å². The fourth-order valence-corrected chi connectivity index (χ4v) is 4.56. The molecule has 3 aromatic rings. The summed E-state index contributed by atoms with van der Waals surface area (Å²) in [7, 11) is 0. The number of ether oxygens (including phenoxy) is 4. The molecule has 1 fully saturated rings. The summed E-state index contributed by atoms with van der Waals surface area (Å²) < 4.78 is 23.6. The van der Waals surface area contributed by atoms with E-state index in [-0.39, 0.29) is 6.10 Å². The van der Waals surface area contributed by atoms with Crippen LogP contribution < -0.4 is 9.47 Å². The highest BCUT2D eigenvalue weighted by Crippen LogP contribution is 2.34. The first-order valence-corrected chi connectivity index (χ1v) is 12.1. The summed E-state index contributed by atoms with van der Waals surface area (Å²) >= 11 is 0. The van der Waals surface area contributed by atoms with Crippen molar-refractivity contribution in [3.63, 3.8) is 0 Å². The average Bonchev–Trinajstić information content (AvgIpc) is 3.17. The van der Waals surface area contributed by atoms with E-state index in [9.17, 15) is 4.79 Å². The van der Waals surface area contributed by atoms with Crippen LogP contribution in [0, 0.1) is 20.8 Å². The zero-order chi connectivity index (χ0) is 25.0. The third-order valence-corrected chi connectivity index (χ3v) is 6.41. The largest absolute Gasteiger partial charge is 0.493 e. The molecule has 0 spiro atoms. The van der Waals surface area contributed by atoms with Crippen LogP contribution in [0.1, 0.15) is 52.9 Å². The van der Waals surface area contributed by atoms with Gasteiger partial charge < -0.3 is 18.9 Å². The van der Waals surface area contributed by atoms with E-state index < -0.39 is 5.79 Å². The van der Waals surface area contributed by atoms with Crippen LogP contribution in [0.5, 0.6) is 11.5 Å². The number of hydrogen-bond donors (Lipinski definition) is 0. The Kier molecular flexibility index (Phi) is 7.58. The van der Waals surface area contributed by atoms with Crippen LogP contribution in [-0.4, -0.2) is 31.4 Å². The molecule has 0 radical (unpaired) electrons. The lowest BCUT2D eigenvalue weighted by molar-refractivity contribution is -0.139. The second-order valence-corrected chi connectivity index (χ2v) is 9.59. The van der Waals surface area contributed by atoms with Crippen LogP contribution in [0.15, 0.2) is 54.6 Å². The second kappa shape index (κ2) is 10.6. The van der Waals surface area contributed by atoms with Gasteiger partial charge in [-0.25, -0.2) is 0 Å². The summed E-state index contributed by atoms with van der Waals surface area (Å²) in [5, 5.41) is 0. The Morgan fingerprint density at radius 2 is 1.69 bits per heavy atom. The Hall–Kier alpha value is -3.15. The molecule has 5 nitrogen and oxygen atoms in total. The monoisotopic (exact) mass is 474 g/mol. The highest BCUT2D eigenvalue weighted by atomic mass is 16.7. The first kappa shape index (κ1) is 25.0. The molecule has 0 amide bonds. The van der Waals surface area contributed by atoms with Crippen LogP contribution in [0.4, 0.5) is 0 Å². The van der Waals surface area contributed by atoms with Gasteiger partial charge in [-0.1, -0.05) is 18.2 Å². The lowest BCUT2D eigenvalue weighted by atomic mass is 9.90. The molecular formula is C30H34O5. The van der Waals surface area contributed by atoms with E-state index >= 15 is 0 Å². The maximum atomic E-state index is 10.9. The Bertz CT molecular complexity index is 1160. The number of carbonyl (C=O) groups excluding carboxylic acids is 1. The van der Waals surface area contributed by atoms with Crippen molar-refractivity contribution in [3.05, 3.63) is 82.4 Å². The molecule has 4 rings (SSSR count). The van der Waals surface area contributed by atoms with Gasteiger partial charge in [-0.15, -0.1) is 0 Å². The highest BCUT2D eigenvalue weighted by Gasteiger charge is 2.32. The first-order valence-electron chi connectivity index (χ1n) is 12.1. The smallest absolute Gasteiger partial charge is 0.163 e. The van der Waals surface area contributed by atoms with Crippen LogP contribution in [0.2, 0.25) is 0 Å². The van der Waals surface area contributed by atoms with Crippen molar-refractivity contribution in [2.24, 2.45) is 0 Å². The zero-order valence-corrected chi connectivity index (χ0v) is 21.2. The van der Waals surface area contributed by atoms with Crippen molar-refractivity contribution in [2.45, 2.75) is 59.5 Å². The SMILES string of the molecule is Cc1cc(OCC[C@H]2COC(C)(C)O2)cc(C)c1-c1cccc(COc2ccc(C=O)cc2)c1C. The molecule has 1 aliphatic heterocycles. The summed E-state index contributed by atoms with van der Waals surface area (Å²) in [6.07, 6.45) is 1.70. The fourth-order valence-electron chi connectivity index (χ4n) is 4.56. The standard InChI is InChI=1S/C30H34O5/c1-20-15-27(32-14-13-26-19-34-30(4,5)35-26)16-21(2)29(20)28-8-6-7-24(22(28)3)18-33-25-11-9-23(17-31)10-12-25/h6-12,15-17,26H,13-14,18-19H2,1-5H3/t26-/m0/s1. The van der Waals surface area contributed by atoms with Gasteiger partial charge in [0, 0.05) is 12.0 Å². The number of aldehydes is 1. The summed E-state index contributed by atoms with van der Waals surface area (Å²) in [6.45, 7) is 11.9. The van der Waals surface area contributed by atoms with E-state index in [0.29, 0.717) is 25.4 Å². The molecule has 0 N–H and O–H groups in total. The molecular weight excluding hydrogens is 440 g/mol. The Balaban J connectivity index is 1.44. The minimum absolute atomic E-state index is 0.0713. The van der Waals surface area contributed by atoms with Crippen LogP contribution in [-0.2, 0) is 16.1 Å². The van der Waals surface area contributed by atoms with Gasteiger partial charge in [-0.05, 0) is 104 Å². The zero-order valence-electron chi connectivity index (χ0n) is 21.2. The maximum absolute atomic E-state index is 10.9. The third-order valence-electron chi connectivity index (χ3n) is 6.41. The first-order chi connectivity index (χ1) is 16.8. The summed E-state index contributed by atoms with van der Waals surface area (Å²) in [5.41, 5.74) is 7.72. The molecule has 0 unspecified atom stereocenters. The van der Waals surface area contributed by atoms with Gasteiger partial charge in [0.1, 0.15) is 24.4 Å². The normalized spacial score (nSPS) is 16.8. The maximum Gasteiger partial charge on any atom is 0.163 e. The van der Waals surface area contributed by atoms with E-state index in [4.69, 9.17) is 18.9 Å². The lowest BCUT2D eigenvalue weighted by Crippen LogP contribution is -2.22. The topological polar surface area (TPSA) is 54.0 Å². The summed E-state index contributed by atoms with van der Waals surface area (Å²) in [6, 6.07) is 17.7. The molecule has 1 atom stereocenters. The van der Waals surface area contributed by atoms with Gasteiger partial charge in [0.2, 0.25) is 0 Å². The predicted molar refractivity (Wildman–Crippen MR) is 137 cm³/mol. The van der Waals surface area contributed by atoms with Crippen molar-refractivity contribution in [1.82, 2.24) is 0 Å². The molecule has 1 heterocycles. The molecule has 0 aromatic heterocycles. The predicted octanol–water partition coefficient (Wildman–Crippen LogP) is 6.59. The van der Waals surface area contributed by atoms with Gasteiger partial charge in [-0.2, -0.15) is 0 Å². The molecule has 0 saturated carbocycles. The third kappa shape index (κ3) is 6.11. The molecule has 1 saturated heterocycles. The number of rotatable bonds is 9. The lowest BCUT2D eigenvalue weighted by Gasteiger charge is -2.19. The van der Waals surface area contributed by atoms with Crippen LogP contribution >= 0.6 is 0 Å². The van der Waals surface area contributed by atoms with E-state index in [1.54, 1.807) is 12.1 Å². The second-order valence-electron chi connectivity index (χ2n) is 9.59. The van der Waals surface area contributed by atoms with Gasteiger partial charge in [0.25, 0.3) is 0 Å². The Morgan fingerprint density at radius 1 is 0.971 bits per heavy atom. The van der Waals surface area contributed by atoms with E-state index in [1.807, 2.05) is 26.0 Å². The van der Waals surface area contributed by atoms with Gasteiger partial charge >= 0.3 is 0 Å². The van der Waals surface area contributed by atoms with Gasteiger partial charge in [0.15, 0.2) is 5.79 Å². The number of aryl methyl sites for hydroxylation is 2. The molecule has 0 bridgehead atoms. The van der Waals surface area contributed by atoms with Crippen molar-refractivity contribution in [2.75, 3.05) is 13.2 Å². The fraction of sp³-hybridized carbons (Fsp3) is 0.367. The highest BCUT2D eigenvalue weighted by molar-refractivity contribution is 5.76. The van der Waals surface area contributed by atoms with E-state index in [1.165, 1.54) is 27.8 Å². The minimum atomic E-state index is -0.502. The Morgan fingerprint density at radius 3 is 2.31 bits per heavy atom. The molecule has 35 heavy (non-hydrogen) atoms. The van der Waals surface area contributed by atoms with Crippen molar-refractivity contribution in [3.8, 4) is 22.6 Å². The minimum Gasteiger partial charge on any atom is -0.493 e. The number of benzene rings is 3. The quantitative estimate of drug-likeness (QED) is 0.328.